The van der Waals surface area contributed by atoms with Gasteiger partial charge >= 0.3 is 0 Å². The second kappa shape index (κ2) is 19.7. The van der Waals surface area contributed by atoms with Crippen molar-refractivity contribution in [2.45, 2.75) is 84.9 Å². The number of nitrogens with one attached hydrogen (secondary N) is 2. The lowest BCUT2D eigenvalue weighted by Crippen LogP contribution is -2.42. The summed E-state index contributed by atoms with van der Waals surface area (Å²) in [7, 11) is 4.35. The number of nitrogens with zero attached hydrogens (tertiary/aromatic N) is 2. The molecule has 5 nitrogen and oxygen atoms in total. The summed E-state index contributed by atoms with van der Waals surface area (Å²) in [6.07, 6.45) is 7.90. The average molecular weight is 483 g/mol. The van der Waals surface area contributed by atoms with Crippen LogP contribution in [0.4, 0.5) is 0 Å². The smallest absolute Gasteiger partial charge is 0.0744 e. The van der Waals surface area contributed by atoms with Crippen LogP contribution in [0.25, 0.3) is 0 Å². The molecule has 194 valence electrons. The third-order valence-corrected chi connectivity index (χ3v) is 6.14. The van der Waals surface area contributed by atoms with Gasteiger partial charge < -0.3 is 20.2 Å². The van der Waals surface area contributed by atoms with Crippen LogP contribution in [-0.4, -0.2) is 79.6 Å². The number of piperidine rings is 1. The van der Waals surface area contributed by atoms with Gasteiger partial charge in [-0.2, -0.15) is 0 Å². The zero-order chi connectivity index (χ0) is 25.1. The van der Waals surface area contributed by atoms with Gasteiger partial charge in [-0.25, -0.2) is 0 Å². The van der Waals surface area contributed by atoms with Gasteiger partial charge in [0.15, 0.2) is 0 Å². The number of benzene rings is 1. The van der Waals surface area contributed by atoms with Crippen molar-refractivity contribution in [3.8, 4) is 0 Å². The predicted molar refractivity (Wildman–Crippen MR) is 149 cm³/mol. The van der Waals surface area contributed by atoms with E-state index in [2.05, 4.69) is 78.3 Å². The Hall–Kier alpha value is -0.630. The topological polar surface area (TPSA) is 50.8 Å². The van der Waals surface area contributed by atoms with Crippen molar-refractivity contribution in [2.24, 2.45) is 0 Å². The molecule has 0 spiro atoms. The Labute approximate surface area is 210 Å². The van der Waals surface area contributed by atoms with Crippen LogP contribution in [-0.2, 0) is 13.0 Å². The van der Waals surface area contributed by atoms with Crippen molar-refractivity contribution in [1.29, 1.82) is 0 Å². The number of likely N-dealkylation sites (N-methyl/N-ethyl adjacent to an activating group) is 2. The number of likely N-dealkylation sites (tertiary alicyclic amines) is 1. The van der Waals surface area contributed by atoms with Crippen molar-refractivity contribution in [1.82, 2.24) is 19.8 Å². The summed E-state index contributed by atoms with van der Waals surface area (Å²) in [5.74, 6) is 0. The zero-order valence-corrected chi connectivity index (χ0v) is 23.7. The molecule has 3 aliphatic rings. The van der Waals surface area contributed by atoms with E-state index in [1.54, 1.807) is 11.9 Å². The maximum Gasteiger partial charge on any atom is 0.0744 e. The summed E-state index contributed by atoms with van der Waals surface area (Å²) in [6, 6.07) is 9.44. The van der Waals surface area contributed by atoms with E-state index in [0.717, 1.165) is 38.5 Å². The van der Waals surface area contributed by atoms with Gasteiger partial charge in [0.2, 0.25) is 0 Å². The molecule has 2 saturated heterocycles. The summed E-state index contributed by atoms with van der Waals surface area (Å²) in [5.41, 5.74) is 2.60. The Kier molecular flexibility index (Phi) is 19.3. The molecule has 1 aromatic rings. The van der Waals surface area contributed by atoms with Gasteiger partial charge in [-0.15, -0.1) is 0 Å². The molecule has 3 aliphatic heterocycles. The highest BCUT2D eigenvalue weighted by atomic mass is 32.2. The van der Waals surface area contributed by atoms with Crippen molar-refractivity contribution in [3.05, 3.63) is 35.4 Å². The van der Waals surface area contributed by atoms with Crippen molar-refractivity contribution >= 4 is 11.9 Å². The second-order valence-electron chi connectivity index (χ2n) is 9.31. The summed E-state index contributed by atoms with van der Waals surface area (Å²) in [6.45, 7) is 16.7. The fraction of sp³-hybridized carbons (Fsp3) is 0.778. The van der Waals surface area contributed by atoms with Gasteiger partial charge in [0, 0.05) is 32.2 Å². The molecule has 0 radical (unpaired) electrons. The number of fused-ring (bicyclic) bond motifs is 1. The van der Waals surface area contributed by atoms with Crippen molar-refractivity contribution in [2.75, 3.05) is 53.1 Å². The Morgan fingerprint density at radius 3 is 2.21 bits per heavy atom. The summed E-state index contributed by atoms with van der Waals surface area (Å²) in [4.78, 5) is 4.72. The van der Waals surface area contributed by atoms with E-state index in [-0.39, 0.29) is 0 Å². The van der Waals surface area contributed by atoms with Crippen LogP contribution < -0.4 is 10.0 Å². The predicted octanol–water partition coefficient (Wildman–Crippen LogP) is 4.80. The molecule has 3 N–H and O–H groups in total. The highest BCUT2D eigenvalue weighted by molar-refractivity contribution is 7.96. The van der Waals surface area contributed by atoms with E-state index in [9.17, 15) is 5.11 Å². The minimum absolute atomic E-state index is 0.432. The molecule has 2 atom stereocenters. The zero-order valence-electron chi connectivity index (χ0n) is 22.9. The lowest BCUT2D eigenvalue weighted by molar-refractivity contribution is 0.0351. The first-order chi connectivity index (χ1) is 15.8. The van der Waals surface area contributed by atoms with E-state index >= 15 is 0 Å². The molecule has 0 aromatic heterocycles. The number of β-amino-alcohol motifs (C(OH)–C–C–N with tert-alkyl or cyclic N) is 1. The Bertz CT molecular complexity index is 575. The highest BCUT2D eigenvalue weighted by Crippen LogP contribution is 2.16. The molecule has 0 amide bonds. The molecule has 2 fully saturated rings. The second-order valence-corrected chi connectivity index (χ2v) is 9.95. The van der Waals surface area contributed by atoms with Gasteiger partial charge in [0.25, 0.3) is 0 Å². The first-order valence-corrected chi connectivity index (χ1v) is 14.2. The summed E-state index contributed by atoms with van der Waals surface area (Å²) in [5, 5.41) is 12.4. The molecular formula is C27H54N4OS. The molecule has 4 rings (SSSR count). The van der Waals surface area contributed by atoms with Crippen LogP contribution in [0.2, 0.25) is 0 Å². The van der Waals surface area contributed by atoms with Gasteiger partial charge in [0.1, 0.15) is 0 Å². The van der Waals surface area contributed by atoms with Crippen LogP contribution in [0.1, 0.15) is 71.4 Å². The number of aliphatic hydroxyl groups is 1. The molecule has 1 aromatic carbocycles. The van der Waals surface area contributed by atoms with Gasteiger partial charge in [-0.05, 0) is 77.2 Å². The largest absolute Gasteiger partial charge is 0.389 e. The third-order valence-electron chi connectivity index (χ3n) is 5.57. The highest BCUT2D eigenvalue weighted by Gasteiger charge is 2.22. The summed E-state index contributed by atoms with van der Waals surface area (Å²) >= 11 is 1.72. The number of hydrogen-bond acceptors (Lipinski definition) is 6. The molecule has 0 bridgehead atoms. The monoisotopic (exact) mass is 482 g/mol. The third kappa shape index (κ3) is 15.8. The molecule has 2 unspecified atom stereocenters. The lowest BCUT2D eigenvalue weighted by atomic mass is 9.97. The lowest BCUT2D eigenvalue weighted by Gasteiger charge is -2.28. The molecule has 33 heavy (non-hydrogen) atoms. The van der Waals surface area contributed by atoms with Crippen LogP contribution in [0.15, 0.2) is 24.3 Å². The SMILES string of the molecule is CC.CC1(O)CCCNC1.CCC.CN1CCc2ccccc2C1.CSNC1CCN(C)C1. The van der Waals surface area contributed by atoms with Gasteiger partial charge in [-0.1, -0.05) is 70.3 Å². The Balaban J connectivity index is 0.000000429. The van der Waals surface area contributed by atoms with E-state index in [1.807, 2.05) is 20.8 Å². The van der Waals surface area contributed by atoms with Crippen LogP contribution in [0.5, 0.6) is 0 Å². The minimum atomic E-state index is -0.432. The quantitative estimate of drug-likeness (QED) is 0.527. The van der Waals surface area contributed by atoms with E-state index < -0.39 is 5.60 Å². The fourth-order valence-corrected chi connectivity index (χ4v) is 4.40. The molecule has 0 saturated carbocycles. The van der Waals surface area contributed by atoms with Gasteiger partial charge in [-0.3, -0.25) is 4.72 Å². The molecule has 0 aliphatic carbocycles. The van der Waals surface area contributed by atoms with Crippen molar-refractivity contribution < 1.29 is 5.11 Å². The molecule has 3 heterocycles. The van der Waals surface area contributed by atoms with E-state index in [1.165, 1.54) is 50.0 Å². The average Bonchev–Trinajstić information content (AvgIpc) is 3.21. The Morgan fingerprint density at radius 2 is 1.76 bits per heavy atom. The first kappa shape index (κ1) is 32.4. The standard InChI is InChI=1S/C10H13N.C6H14N2S.C6H13NO.C3H8.C2H6/c1-11-7-6-9-4-2-3-5-10(9)8-11;1-8-4-3-6(5-8)7-9-2;1-6(8)3-2-4-7-5-6;1-3-2;1-2/h2-5H,6-8H2,1H3;6-7H,3-5H2,1-2H3;7-8H,2-5H2,1H3;3H2,1-2H3;1-2H3. The van der Waals surface area contributed by atoms with Crippen molar-refractivity contribution in [3.63, 3.8) is 0 Å². The molecule has 6 heteroatoms. The minimum Gasteiger partial charge on any atom is -0.389 e. The maximum absolute atomic E-state index is 9.31. The summed E-state index contributed by atoms with van der Waals surface area (Å²) < 4.78 is 3.35. The molecular weight excluding hydrogens is 428 g/mol. The Morgan fingerprint density at radius 1 is 1.12 bits per heavy atom. The number of rotatable bonds is 2. The number of hydrogen-bond donors (Lipinski definition) is 3. The van der Waals surface area contributed by atoms with Crippen LogP contribution >= 0.6 is 11.9 Å². The maximum atomic E-state index is 9.31. The van der Waals surface area contributed by atoms with Gasteiger partial charge in [0.05, 0.1) is 5.60 Å². The van der Waals surface area contributed by atoms with Crippen LogP contribution in [0.3, 0.4) is 0 Å². The van der Waals surface area contributed by atoms with E-state index in [0.29, 0.717) is 0 Å². The van der Waals surface area contributed by atoms with Crippen LogP contribution in [0, 0.1) is 0 Å². The fourth-order valence-electron chi connectivity index (χ4n) is 3.87. The van der Waals surface area contributed by atoms with E-state index in [4.69, 9.17) is 0 Å². The normalized spacial score (nSPS) is 24.3. The first-order valence-electron chi connectivity index (χ1n) is 13.0.